The quantitative estimate of drug-likeness (QED) is 0.732. The van der Waals surface area contributed by atoms with Crippen molar-refractivity contribution in [3.05, 3.63) is 18.5 Å². The molecule has 0 radical (unpaired) electrons. The van der Waals surface area contributed by atoms with Crippen molar-refractivity contribution < 1.29 is 9.00 Å². The van der Waals surface area contributed by atoms with Gasteiger partial charge in [-0.15, -0.1) is 0 Å². The fraction of sp³-hybridized carbons (Fsp3) is 0.455. The number of anilines is 1. The first-order valence-corrected chi connectivity index (χ1v) is 6.81. The highest BCUT2D eigenvalue weighted by atomic mass is 32.2. The number of amides is 1. The summed E-state index contributed by atoms with van der Waals surface area (Å²) in [5.74, 6) is -0.272. The second-order valence-electron chi connectivity index (χ2n) is 3.61. The monoisotopic (exact) mass is 255 g/mol. The van der Waals surface area contributed by atoms with Crippen LogP contribution in [-0.4, -0.2) is 27.4 Å². The van der Waals surface area contributed by atoms with Gasteiger partial charge in [0, 0.05) is 12.7 Å². The molecule has 1 atom stereocenters. The summed E-state index contributed by atoms with van der Waals surface area (Å²) in [5, 5.41) is 2.72. The Balaban J connectivity index is 2.49. The average Bonchev–Trinajstić information content (AvgIpc) is 2.29. The number of hydrogen-bond acceptors (Lipinski definition) is 4. The fourth-order valence-electron chi connectivity index (χ4n) is 1.25. The lowest BCUT2D eigenvalue weighted by Gasteiger charge is -2.06. The molecule has 1 unspecified atom stereocenters. The maximum atomic E-state index is 11.9. The Hall–Kier alpha value is -1.43. The number of nitrogens with one attached hydrogen (secondary N) is 1. The van der Waals surface area contributed by atoms with E-state index >= 15 is 0 Å². The summed E-state index contributed by atoms with van der Waals surface area (Å²) >= 11 is 0. The first-order chi connectivity index (χ1) is 8.15. The van der Waals surface area contributed by atoms with Crippen LogP contribution in [0.3, 0.4) is 0 Å². The molecular formula is C11H17N3O2S. The number of nitrogen functional groups attached to an aromatic ring is 1. The van der Waals surface area contributed by atoms with Gasteiger partial charge in [0.15, 0.2) is 0 Å². The van der Waals surface area contributed by atoms with Gasteiger partial charge in [-0.2, -0.15) is 0 Å². The normalized spacial score (nSPS) is 12.1. The van der Waals surface area contributed by atoms with Crippen LogP contribution in [0.25, 0.3) is 0 Å². The van der Waals surface area contributed by atoms with Gasteiger partial charge < -0.3 is 11.1 Å². The molecule has 0 fully saturated rings. The number of hydrogen-bond donors (Lipinski definition) is 2. The van der Waals surface area contributed by atoms with Gasteiger partial charge in [0.25, 0.3) is 0 Å². The molecule has 0 aromatic carbocycles. The molecule has 5 nitrogen and oxygen atoms in total. The van der Waals surface area contributed by atoms with Crippen LogP contribution in [-0.2, 0) is 15.6 Å². The predicted octanol–water partition coefficient (Wildman–Crippen LogP) is 0.688. The van der Waals surface area contributed by atoms with Gasteiger partial charge in [0.2, 0.25) is 5.91 Å². The minimum Gasteiger partial charge on any atom is -0.396 e. The van der Waals surface area contributed by atoms with Crippen molar-refractivity contribution in [3.63, 3.8) is 0 Å². The zero-order chi connectivity index (χ0) is 12.7. The number of pyridine rings is 1. The Morgan fingerprint density at radius 3 is 3.00 bits per heavy atom. The van der Waals surface area contributed by atoms with Gasteiger partial charge >= 0.3 is 0 Å². The maximum absolute atomic E-state index is 11.9. The molecule has 1 amide bonds. The Labute approximate surface area is 103 Å². The minimum absolute atomic E-state index is 0.0576. The number of carbonyl (C=O) groups is 1. The first-order valence-electron chi connectivity index (χ1n) is 5.49. The van der Waals surface area contributed by atoms with Gasteiger partial charge in [-0.3, -0.25) is 14.0 Å². The molecular weight excluding hydrogens is 238 g/mol. The molecule has 1 aromatic rings. The van der Waals surface area contributed by atoms with Crippen molar-refractivity contribution in [1.29, 1.82) is 0 Å². The lowest BCUT2D eigenvalue weighted by molar-refractivity contribution is -0.118. The topological polar surface area (TPSA) is 85.1 Å². The molecule has 1 heterocycles. The SMILES string of the molecule is CCCCNC(=O)CS(=O)c1ccncc1N. The van der Waals surface area contributed by atoms with E-state index in [-0.39, 0.29) is 11.7 Å². The Morgan fingerprint density at radius 1 is 1.59 bits per heavy atom. The van der Waals surface area contributed by atoms with E-state index in [1.807, 2.05) is 6.92 Å². The lowest BCUT2D eigenvalue weighted by Crippen LogP contribution is -2.29. The second kappa shape index (κ2) is 7.01. The van der Waals surface area contributed by atoms with E-state index < -0.39 is 10.8 Å². The highest BCUT2D eigenvalue weighted by Crippen LogP contribution is 2.13. The van der Waals surface area contributed by atoms with E-state index in [1.165, 1.54) is 12.4 Å². The third kappa shape index (κ3) is 4.52. The van der Waals surface area contributed by atoms with Crippen LogP contribution in [0.1, 0.15) is 19.8 Å². The van der Waals surface area contributed by atoms with Crippen molar-refractivity contribution >= 4 is 22.4 Å². The predicted molar refractivity (Wildman–Crippen MR) is 67.8 cm³/mol. The number of aromatic nitrogens is 1. The summed E-state index contributed by atoms with van der Waals surface area (Å²) in [4.78, 5) is 15.7. The van der Waals surface area contributed by atoms with Gasteiger partial charge in [-0.05, 0) is 12.5 Å². The van der Waals surface area contributed by atoms with Crippen molar-refractivity contribution in [1.82, 2.24) is 10.3 Å². The number of nitrogens with zero attached hydrogens (tertiary/aromatic N) is 1. The Bertz CT molecular complexity index is 409. The molecule has 0 saturated heterocycles. The van der Waals surface area contributed by atoms with E-state index in [9.17, 15) is 9.00 Å². The van der Waals surface area contributed by atoms with E-state index in [1.54, 1.807) is 6.07 Å². The zero-order valence-corrected chi connectivity index (χ0v) is 10.6. The summed E-state index contributed by atoms with van der Waals surface area (Å²) in [5.41, 5.74) is 5.99. The standard InChI is InChI=1S/C11H17N3O2S/c1-2-3-5-14-11(15)8-17(16)10-4-6-13-7-9(10)12/h4,6-7H,2-3,5,8,12H2,1H3,(H,14,15). The van der Waals surface area contributed by atoms with Crippen molar-refractivity contribution in [3.8, 4) is 0 Å². The van der Waals surface area contributed by atoms with Gasteiger partial charge in [0.1, 0.15) is 5.75 Å². The third-order valence-electron chi connectivity index (χ3n) is 2.17. The molecule has 0 aliphatic heterocycles. The molecule has 3 N–H and O–H groups in total. The van der Waals surface area contributed by atoms with Crippen molar-refractivity contribution in [2.24, 2.45) is 0 Å². The second-order valence-corrected chi connectivity index (χ2v) is 5.03. The smallest absolute Gasteiger partial charge is 0.233 e. The van der Waals surface area contributed by atoms with Crippen LogP contribution < -0.4 is 11.1 Å². The Morgan fingerprint density at radius 2 is 2.35 bits per heavy atom. The largest absolute Gasteiger partial charge is 0.396 e. The molecule has 0 aliphatic carbocycles. The Kier molecular flexibility index (Phi) is 5.62. The molecule has 0 bridgehead atoms. The number of nitrogens with two attached hydrogens (primary N) is 1. The summed E-state index contributed by atoms with van der Waals surface area (Å²) in [6.45, 7) is 2.67. The molecule has 1 aromatic heterocycles. The van der Waals surface area contributed by atoms with Gasteiger partial charge in [0.05, 0.1) is 27.6 Å². The van der Waals surface area contributed by atoms with E-state index in [0.29, 0.717) is 17.1 Å². The van der Waals surface area contributed by atoms with Crippen LogP contribution in [0.2, 0.25) is 0 Å². The molecule has 1 rings (SSSR count). The van der Waals surface area contributed by atoms with Gasteiger partial charge in [-0.1, -0.05) is 13.3 Å². The molecule has 6 heteroatoms. The summed E-state index contributed by atoms with van der Waals surface area (Å²) in [7, 11) is -1.41. The highest BCUT2D eigenvalue weighted by Gasteiger charge is 2.12. The number of carbonyl (C=O) groups excluding carboxylic acids is 1. The van der Waals surface area contributed by atoms with Crippen LogP contribution in [0.5, 0.6) is 0 Å². The summed E-state index contributed by atoms with van der Waals surface area (Å²) in [6, 6.07) is 1.57. The number of unbranched alkanes of at least 4 members (excludes halogenated alkanes) is 1. The molecule has 0 aliphatic rings. The summed E-state index contributed by atoms with van der Waals surface area (Å²) < 4.78 is 11.9. The summed E-state index contributed by atoms with van der Waals surface area (Å²) in [6.07, 6.45) is 4.89. The average molecular weight is 255 g/mol. The third-order valence-corrected chi connectivity index (χ3v) is 3.56. The lowest BCUT2D eigenvalue weighted by atomic mass is 10.3. The van der Waals surface area contributed by atoms with Crippen molar-refractivity contribution in [2.75, 3.05) is 18.0 Å². The zero-order valence-electron chi connectivity index (χ0n) is 9.81. The first kappa shape index (κ1) is 13.6. The van der Waals surface area contributed by atoms with Gasteiger partial charge in [-0.25, -0.2) is 0 Å². The van der Waals surface area contributed by atoms with Crippen LogP contribution in [0.15, 0.2) is 23.4 Å². The molecule has 17 heavy (non-hydrogen) atoms. The molecule has 0 spiro atoms. The van der Waals surface area contributed by atoms with E-state index in [2.05, 4.69) is 10.3 Å². The van der Waals surface area contributed by atoms with E-state index in [0.717, 1.165) is 12.8 Å². The van der Waals surface area contributed by atoms with Crippen molar-refractivity contribution in [2.45, 2.75) is 24.7 Å². The molecule has 0 saturated carbocycles. The number of rotatable bonds is 6. The van der Waals surface area contributed by atoms with Crippen LogP contribution >= 0.6 is 0 Å². The van der Waals surface area contributed by atoms with E-state index in [4.69, 9.17) is 5.73 Å². The van der Waals surface area contributed by atoms with Crippen LogP contribution in [0.4, 0.5) is 5.69 Å². The van der Waals surface area contributed by atoms with Crippen LogP contribution in [0, 0.1) is 0 Å². The minimum atomic E-state index is -1.41. The highest BCUT2D eigenvalue weighted by molar-refractivity contribution is 7.86. The molecule has 94 valence electrons. The maximum Gasteiger partial charge on any atom is 0.233 e. The fourth-order valence-corrected chi connectivity index (χ4v) is 2.28.